The Labute approximate surface area is 122 Å². The molecule has 21 heavy (non-hydrogen) atoms. The van der Waals surface area contributed by atoms with Gasteiger partial charge in [-0.2, -0.15) is 0 Å². The Kier molecular flexibility index (Phi) is 3.90. The van der Waals surface area contributed by atoms with Gasteiger partial charge in [-0.25, -0.2) is 13.2 Å². The van der Waals surface area contributed by atoms with Gasteiger partial charge in [0.2, 0.25) is 0 Å². The number of nitrogens with one attached hydrogen (secondary N) is 1. The van der Waals surface area contributed by atoms with Crippen LogP contribution >= 0.6 is 0 Å². The van der Waals surface area contributed by atoms with Gasteiger partial charge in [0.05, 0.1) is 11.4 Å². The van der Waals surface area contributed by atoms with Crippen LogP contribution in [-0.4, -0.2) is 24.1 Å². The lowest BCUT2D eigenvalue weighted by atomic mass is 10.3. The van der Waals surface area contributed by atoms with Gasteiger partial charge in [0.1, 0.15) is 10.6 Å². The van der Waals surface area contributed by atoms with Crippen molar-refractivity contribution in [2.24, 2.45) is 0 Å². The molecule has 1 heterocycles. The fourth-order valence-electron chi connectivity index (χ4n) is 1.86. The Hall–Kier alpha value is -2.48. The molecule has 112 valence electrons. The van der Waals surface area contributed by atoms with Gasteiger partial charge >= 0.3 is 5.97 Å². The van der Waals surface area contributed by atoms with E-state index in [1.165, 1.54) is 16.8 Å². The number of hydrogen-bond donors (Lipinski definition) is 3. The lowest BCUT2D eigenvalue weighted by molar-refractivity contribution is 0.0685. The number of benzene rings is 1. The van der Waals surface area contributed by atoms with Gasteiger partial charge in [0.25, 0.3) is 10.0 Å². The molecule has 0 aliphatic rings. The summed E-state index contributed by atoms with van der Waals surface area (Å²) in [5.41, 5.74) is 6.14. The number of para-hydroxylation sites is 2. The maximum Gasteiger partial charge on any atom is 0.352 e. The van der Waals surface area contributed by atoms with Crippen LogP contribution < -0.4 is 10.5 Å². The standard InChI is InChI=1S/C13H15N3O4S/c1-2-16-8-9(7-12(16)13(17)18)21(19,20)15-11-6-4-3-5-10(11)14/h3-8,15H,2,14H2,1H3,(H,17,18). The highest BCUT2D eigenvalue weighted by molar-refractivity contribution is 7.92. The Morgan fingerprint density at radius 2 is 2.05 bits per heavy atom. The van der Waals surface area contributed by atoms with E-state index in [1.807, 2.05) is 0 Å². The van der Waals surface area contributed by atoms with Crippen molar-refractivity contribution in [2.75, 3.05) is 10.5 Å². The SMILES string of the molecule is CCn1cc(S(=O)(=O)Nc2ccccc2N)cc1C(=O)O. The summed E-state index contributed by atoms with van der Waals surface area (Å²) in [6.07, 6.45) is 1.28. The molecule has 0 spiro atoms. The van der Waals surface area contributed by atoms with E-state index < -0.39 is 16.0 Å². The smallest absolute Gasteiger partial charge is 0.352 e. The average Bonchev–Trinajstić information content (AvgIpc) is 2.86. The van der Waals surface area contributed by atoms with Crippen LogP contribution in [0.5, 0.6) is 0 Å². The maximum atomic E-state index is 12.3. The van der Waals surface area contributed by atoms with Gasteiger partial charge in [-0.1, -0.05) is 12.1 Å². The molecular weight excluding hydrogens is 294 g/mol. The molecule has 0 radical (unpaired) electrons. The minimum atomic E-state index is -3.90. The molecule has 2 aromatic rings. The molecule has 0 unspecified atom stereocenters. The molecule has 0 amide bonds. The van der Waals surface area contributed by atoms with Gasteiger partial charge in [-0.3, -0.25) is 4.72 Å². The van der Waals surface area contributed by atoms with Gasteiger partial charge in [-0.05, 0) is 25.1 Å². The summed E-state index contributed by atoms with van der Waals surface area (Å²) in [4.78, 5) is 11.0. The van der Waals surface area contributed by atoms with Crippen molar-refractivity contribution in [3.05, 3.63) is 42.2 Å². The molecule has 0 aliphatic heterocycles. The van der Waals surface area contributed by atoms with Crippen LogP contribution in [0.2, 0.25) is 0 Å². The lowest BCUT2D eigenvalue weighted by Gasteiger charge is -2.08. The van der Waals surface area contributed by atoms with Crippen molar-refractivity contribution in [1.82, 2.24) is 4.57 Å². The molecule has 0 bridgehead atoms. The molecule has 0 fully saturated rings. The summed E-state index contributed by atoms with van der Waals surface area (Å²) in [5, 5.41) is 9.05. The first kappa shape index (κ1) is 14.9. The van der Waals surface area contributed by atoms with Gasteiger partial charge < -0.3 is 15.4 Å². The van der Waals surface area contributed by atoms with Crippen molar-refractivity contribution in [3.63, 3.8) is 0 Å². The van der Waals surface area contributed by atoms with Gasteiger partial charge in [-0.15, -0.1) is 0 Å². The molecule has 0 aliphatic carbocycles. The van der Waals surface area contributed by atoms with Crippen molar-refractivity contribution in [2.45, 2.75) is 18.4 Å². The Balaban J connectivity index is 2.41. The van der Waals surface area contributed by atoms with Crippen LogP contribution in [-0.2, 0) is 16.6 Å². The molecule has 4 N–H and O–H groups in total. The summed E-state index contributed by atoms with van der Waals surface area (Å²) in [7, 11) is -3.90. The maximum absolute atomic E-state index is 12.3. The summed E-state index contributed by atoms with van der Waals surface area (Å²) in [6.45, 7) is 2.08. The number of hydrogen-bond acceptors (Lipinski definition) is 4. The molecule has 7 nitrogen and oxygen atoms in total. The molecule has 8 heteroatoms. The molecule has 2 rings (SSSR count). The first-order chi connectivity index (χ1) is 9.85. The first-order valence-electron chi connectivity index (χ1n) is 6.16. The highest BCUT2D eigenvalue weighted by atomic mass is 32.2. The predicted molar refractivity (Wildman–Crippen MR) is 78.7 cm³/mol. The highest BCUT2D eigenvalue weighted by Crippen LogP contribution is 2.22. The topological polar surface area (TPSA) is 114 Å². The van der Waals surface area contributed by atoms with E-state index in [-0.39, 0.29) is 22.0 Å². The van der Waals surface area contributed by atoms with E-state index in [2.05, 4.69) is 4.72 Å². The zero-order valence-electron chi connectivity index (χ0n) is 11.3. The lowest BCUT2D eigenvalue weighted by Crippen LogP contribution is -2.13. The number of aromatic carboxylic acids is 1. The van der Waals surface area contributed by atoms with E-state index in [1.54, 1.807) is 25.1 Å². The Bertz CT molecular complexity index is 780. The van der Waals surface area contributed by atoms with Crippen LogP contribution in [0.25, 0.3) is 0 Å². The van der Waals surface area contributed by atoms with E-state index in [0.717, 1.165) is 6.07 Å². The minimum Gasteiger partial charge on any atom is -0.477 e. The zero-order chi connectivity index (χ0) is 15.6. The second-order valence-corrected chi connectivity index (χ2v) is 6.03. The monoisotopic (exact) mass is 309 g/mol. The summed E-state index contributed by atoms with van der Waals surface area (Å²) in [5.74, 6) is -1.18. The normalized spacial score (nSPS) is 11.3. The average molecular weight is 309 g/mol. The second kappa shape index (κ2) is 5.49. The number of nitrogen functional groups attached to an aromatic ring is 1. The van der Waals surface area contributed by atoms with Crippen LogP contribution in [0, 0.1) is 0 Å². The van der Waals surface area contributed by atoms with Gasteiger partial charge in [0.15, 0.2) is 0 Å². The number of aryl methyl sites for hydroxylation is 1. The number of nitrogens with two attached hydrogens (primary N) is 1. The van der Waals surface area contributed by atoms with Crippen LogP contribution in [0.1, 0.15) is 17.4 Å². The fourth-order valence-corrected chi connectivity index (χ4v) is 2.99. The second-order valence-electron chi connectivity index (χ2n) is 4.34. The molecule has 0 atom stereocenters. The van der Waals surface area contributed by atoms with E-state index in [0.29, 0.717) is 6.54 Å². The summed E-state index contributed by atoms with van der Waals surface area (Å²) in [6, 6.07) is 7.55. The third-order valence-corrected chi connectivity index (χ3v) is 4.28. The third-order valence-electron chi connectivity index (χ3n) is 2.95. The Morgan fingerprint density at radius 3 is 2.57 bits per heavy atom. The number of rotatable bonds is 5. The number of sulfonamides is 1. The molecule has 1 aromatic heterocycles. The number of carboxylic acid groups (broad SMARTS) is 1. The van der Waals surface area contributed by atoms with Crippen LogP contribution in [0.4, 0.5) is 11.4 Å². The van der Waals surface area contributed by atoms with Crippen molar-refractivity contribution in [1.29, 1.82) is 0 Å². The van der Waals surface area contributed by atoms with Crippen LogP contribution in [0.15, 0.2) is 41.4 Å². The Morgan fingerprint density at radius 1 is 1.38 bits per heavy atom. The van der Waals surface area contributed by atoms with E-state index >= 15 is 0 Å². The predicted octanol–water partition coefficient (Wildman–Crippen LogP) is 1.59. The number of carboxylic acids is 1. The fraction of sp³-hybridized carbons (Fsp3) is 0.154. The number of aromatic nitrogens is 1. The van der Waals surface area contributed by atoms with E-state index in [4.69, 9.17) is 10.8 Å². The quantitative estimate of drug-likeness (QED) is 0.726. The number of anilines is 2. The zero-order valence-corrected chi connectivity index (χ0v) is 12.1. The molecule has 0 saturated heterocycles. The van der Waals surface area contributed by atoms with Crippen LogP contribution in [0.3, 0.4) is 0 Å². The van der Waals surface area contributed by atoms with Crippen molar-refractivity contribution < 1.29 is 18.3 Å². The summed E-state index contributed by atoms with van der Waals surface area (Å²) < 4.78 is 28.3. The molecule has 1 aromatic carbocycles. The number of carbonyl (C=O) groups is 1. The molecular formula is C13H15N3O4S. The molecule has 0 saturated carbocycles. The van der Waals surface area contributed by atoms with Gasteiger partial charge in [0, 0.05) is 12.7 Å². The highest BCUT2D eigenvalue weighted by Gasteiger charge is 2.21. The van der Waals surface area contributed by atoms with E-state index in [9.17, 15) is 13.2 Å². The summed E-state index contributed by atoms with van der Waals surface area (Å²) >= 11 is 0. The largest absolute Gasteiger partial charge is 0.477 e. The third kappa shape index (κ3) is 3.00. The minimum absolute atomic E-state index is 0.0843. The van der Waals surface area contributed by atoms with Crippen molar-refractivity contribution in [3.8, 4) is 0 Å². The number of nitrogens with zero attached hydrogens (tertiary/aromatic N) is 1. The van der Waals surface area contributed by atoms with Crippen molar-refractivity contribution >= 4 is 27.4 Å². The first-order valence-corrected chi connectivity index (χ1v) is 7.64.